The number of ether oxygens (including phenoxy) is 3. The Bertz CT molecular complexity index is 1020. The van der Waals surface area contributed by atoms with Crippen LogP contribution < -0.4 is 24.4 Å². The molecule has 2 aromatic rings. The van der Waals surface area contributed by atoms with Crippen molar-refractivity contribution in [3.05, 3.63) is 40.4 Å². The van der Waals surface area contributed by atoms with Crippen LogP contribution in [0.3, 0.4) is 0 Å². The van der Waals surface area contributed by atoms with E-state index >= 15 is 0 Å². The molecule has 1 heterocycles. The summed E-state index contributed by atoms with van der Waals surface area (Å²) in [5.74, 6) is -1.55. The zero-order chi connectivity index (χ0) is 21.3. The molecule has 1 aliphatic rings. The first kappa shape index (κ1) is 20.5. The van der Waals surface area contributed by atoms with Gasteiger partial charge < -0.3 is 19.5 Å². The standard InChI is InChI=1S/C20H19ClN2O6/c1-10-7-11(21)5-6-12(10)22-15(24)9-23-13-8-14(27-2)18(28-3)19(29-4)16(13)17(25)20(23)26/h5-8H,9H2,1-4H3,(H,22,24). The average molecular weight is 419 g/mol. The number of rotatable bonds is 6. The number of Topliss-reactive ketones (excluding diaryl/α,β-unsaturated/α-hetero) is 1. The second-order valence-corrected chi connectivity index (χ2v) is 6.70. The Morgan fingerprint density at radius 2 is 1.76 bits per heavy atom. The summed E-state index contributed by atoms with van der Waals surface area (Å²) in [7, 11) is 4.17. The van der Waals surface area contributed by atoms with Gasteiger partial charge in [-0.25, -0.2) is 0 Å². The first-order valence-corrected chi connectivity index (χ1v) is 8.95. The van der Waals surface area contributed by atoms with E-state index in [0.29, 0.717) is 10.7 Å². The summed E-state index contributed by atoms with van der Waals surface area (Å²) in [6, 6.07) is 6.49. The van der Waals surface area contributed by atoms with Crippen LogP contribution in [0, 0.1) is 6.92 Å². The van der Waals surface area contributed by atoms with Crippen molar-refractivity contribution in [3.63, 3.8) is 0 Å². The second kappa shape index (κ2) is 8.00. The number of amides is 2. The molecule has 9 heteroatoms. The molecule has 1 N–H and O–H groups in total. The number of nitrogens with one attached hydrogen (secondary N) is 1. The van der Waals surface area contributed by atoms with Gasteiger partial charge in [0.2, 0.25) is 11.7 Å². The highest BCUT2D eigenvalue weighted by molar-refractivity contribution is 6.53. The number of carbonyl (C=O) groups is 3. The Morgan fingerprint density at radius 1 is 1.07 bits per heavy atom. The molecule has 1 aliphatic heterocycles. The van der Waals surface area contributed by atoms with E-state index < -0.39 is 17.6 Å². The molecule has 0 fully saturated rings. The minimum atomic E-state index is -0.836. The van der Waals surface area contributed by atoms with Crippen molar-refractivity contribution >= 4 is 40.6 Å². The number of hydrogen-bond acceptors (Lipinski definition) is 6. The fourth-order valence-electron chi connectivity index (χ4n) is 3.17. The van der Waals surface area contributed by atoms with Crippen LogP contribution in [0.4, 0.5) is 11.4 Å². The van der Waals surface area contributed by atoms with Crippen LogP contribution in [-0.2, 0) is 9.59 Å². The van der Waals surface area contributed by atoms with Crippen molar-refractivity contribution in [2.75, 3.05) is 38.1 Å². The van der Waals surface area contributed by atoms with Gasteiger partial charge in [0.1, 0.15) is 6.54 Å². The molecule has 0 spiro atoms. The largest absolute Gasteiger partial charge is 0.493 e. The highest BCUT2D eigenvalue weighted by atomic mass is 35.5. The molecule has 2 aromatic carbocycles. The number of aryl methyl sites for hydroxylation is 1. The van der Waals surface area contributed by atoms with Crippen LogP contribution in [0.5, 0.6) is 17.2 Å². The van der Waals surface area contributed by atoms with Gasteiger partial charge in [0.15, 0.2) is 11.5 Å². The number of carbonyl (C=O) groups excluding carboxylic acids is 3. The number of nitrogens with zero attached hydrogens (tertiary/aromatic N) is 1. The van der Waals surface area contributed by atoms with Gasteiger partial charge in [-0.05, 0) is 30.7 Å². The van der Waals surface area contributed by atoms with E-state index in [0.717, 1.165) is 10.5 Å². The minimum Gasteiger partial charge on any atom is -0.493 e. The van der Waals surface area contributed by atoms with Crippen molar-refractivity contribution in [1.82, 2.24) is 0 Å². The molecule has 0 aliphatic carbocycles. The maximum Gasteiger partial charge on any atom is 0.300 e. The normalized spacial score (nSPS) is 12.7. The van der Waals surface area contributed by atoms with Gasteiger partial charge in [0.05, 0.1) is 32.6 Å². The van der Waals surface area contributed by atoms with E-state index in [1.54, 1.807) is 25.1 Å². The zero-order valence-corrected chi connectivity index (χ0v) is 17.0. The van der Waals surface area contributed by atoms with E-state index in [1.165, 1.54) is 27.4 Å². The lowest BCUT2D eigenvalue weighted by molar-refractivity contribution is -0.118. The molecular weight excluding hydrogens is 400 g/mol. The summed E-state index contributed by atoms with van der Waals surface area (Å²) in [5.41, 5.74) is 1.58. The van der Waals surface area contributed by atoms with Crippen molar-refractivity contribution in [3.8, 4) is 17.2 Å². The fourth-order valence-corrected chi connectivity index (χ4v) is 3.40. The van der Waals surface area contributed by atoms with Crippen LogP contribution in [0.15, 0.2) is 24.3 Å². The molecule has 8 nitrogen and oxygen atoms in total. The van der Waals surface area contributed by atoms with Gasteiger partial charge >= 0.3 is 0 Å². The predicted molar refractivity (Wildman–Crippen MR) is 108 cm³/mol. The predicted octanol–water partition coefficient (Wildman–Crippen LogP) is 2.84. The lowest BCUT2D eigenvalue weighted by Gasteiger charge is -2.19. The molecule has 0 atom stereocenters. The maximum atomic E-state index is 12.6. The van der Waals surface area contributed by atoms with E-state index in [4.69, 9.17) is 25.8 Å². The van der Waals surface area contributed by atoms with Gasteiger partial charge in [-0.3, -0.25) is 19.3 Å². The number of fused-ring (bicyclic) bond motifs is 1. The van der Waals surface area contributed by atoms with E-state index in [-0.39, 0.29) is 35.0 Å². The quantitative estimate of drug-likeness (QED) is 0.725. The molecule has 3 rings (SSSR count). The van der Waals surface area contributed by atoms with Crippen molar-refractivity contribution in [1.29, 1.82) is 0 Å². The molecule has 0 bridgehead atoms. The molecule has 0 radical (unpaired) electrons. The number of methoxy groups -OCH3 is 3. The highest BCUT2D eigenvalue weighted by Crippen LogP contribution is 2.47. The third-order valence-electron chi connectivity index (χ3n) is 4.53. The van der Waals surface area contributed by atoms with Gasteiger partial charge in [-0.1, -0.05) is 11.6 Å². The topological polar surface area (TPSA) is 94.2 Å². The molecule has 29 heavy (non-hydrogen) atoms. The Hall–Kier alpha value is -3.26. The minimum absolute atomic E-state index is 0.0330. The van der Waals surface area contributed by atoms with Crippen LogP contribution in [0.25, 0.3) is 0 Å². The third-order valence-corrected chi connectivity index (χ3v) is 4.77. The monoisotopic (exact) mass is 418 g/mol. The van der Waals surface area contributed by atoms with Gasteiger partial charge in [0.25, 0.3) is 11.7 Å². The van der Waals surface area contributed by atoms with Crippen molar-refractivity contribution < 1.29 is 28.6 Å². The van der Waals surface area contributed by atoms with Crippen LogP contribution in [0.2, 0.25) is 5.02 Å². The number of halogens is 1. The Balaban J connectivity index is 1.95. The Kier molecular flexibility index (Phi) is 5.65. The summed E-state index contributed by atoms with van der Waals surface area (Å²) in [5, 5.41) is 3.26. The van der Waals surface area contributed by atoms with Crippen LogP contribution in [-0.4, -0.2) is 45.5 Å². The smallest absolute Gasteiger partial charge is 0.300 e. The number of benzene rings is 2. The molecule has 0 unspecified atom stereocenters. The number of anilines is 2. The molecule has 152 valence electrons. The summed E-state index contributed by atoms with van der Waals surface area (Å²) in [6.07, 6.45) is 0. The molecule has 0 aromatic heterocycles. The Labute approximate surface area is 172 Å². The van der Waals surface area contributed by atoms with Crippen molar-refractivity contribution in [2.24, 2.45) is 0 Å². The SMILES string of the molecule is COc1cc2c(c(OC)c1OC)C(=O)C(=O)N2CC(=O)Nc1ccc(Cl)cc1C. The lowest BCUT2D eigenvalue weighted by Crippen LogP contribution is -2.37. The average Bonchev–Trinajstić information content (AvgIpc) is 2.93. The molecule has 2 amide bonds. The summed E-state index contributed by atoms with van der Waals surface area (Å²) in [4.78, 5) is 38.8. The fraction of sp³-hybridized carbons (Fsp3) is 0.250. The first-order chi connectivity index (χ1) is 13.8. The van der Waals surface area contributed by atoms with Gasteiger partial charge in [-0.2, -0.15) is 0 Å². The zero-order valence-electron chi connectivity index (χ0n) is 16.3. The second-order valence-electron chi connectivity index (χ2n) is 6.27. The summed E-state index contributed by atoms with van der Waals surface area (Å²) in [6.45, 7) is 1.43. The highest BCUT2D eigenvalue weighted by Gasteiger charge is 2.42. The number of hydrogen-bond donors (Lipinski definition) is 1. The van der Waals surface area contributed by atoms with Crippen LogP contribution >= 0.6 is 11.6 Å². The first-order valence-electron chi connectivity index (χ1n) is 8.57. The van der Waals surface area contributed by atoms with Crippen molar-refractivity contribution in [2.45, 2.75) is 6.92 Å². The lowest BCUT2D eigenvalue weighted by atomic mass is 10.1. The van der Waals surface area contributed by atoms with E-state index in [9.17, 15) is 14.4 Å². The van der Waals surface area contributed by atoms with E-state index in [1.807, 2.05) is 0 Å². The summed E-state index contributed by atoms with van der Waals surface area (Å²) < 4.78 is 15.8. The Morgan fingerprint density at radius 3 is 2.34 bits per heavy atom. The maximum absolute atomic E-state index is 12.6. The molecule has 0 saturated heterocycles. The van der Waals surface area contributed by atoms with Gasteiger partial charge in [-0.15, -0.1) is 0 Å². The molecular formula is C20H19ClN2O6. The van der Waals surface area contributed by atoms with Gasteiger partial charge in [0, 0.05) is 16.8 Å². The molecule has 0 saturated carbocycles. The van der Waals surface area contributed by atoms with Crippen LogP contribution in [0.1, 0.15) is 15.9 Å². The van der Waals surface area contributed by atoms with E-state index in [2.05, 4.69) is 5.32 Å². The third kappa shape index (κ3) is 3.58. The number of ketones is 1. The summed E-state index contributed by atoms with van der Waals surface area (Å²) >= 11 is 5.93.